The van der Waals surface area contributed by atoms with Crippen molar-refractivity contribution in [2.24, 2.45) is 0 Å². The minimum Gasteiger partial charge on any atom is -0.456 e. The molecule has 6 aromatic rings. The van der Waals surface area contributed by atoms with Crippen LogP contribution in [0.4, 0.5) is 5.82 Å². The van der Waals surface area contributed by atoms with Gasteiger partial charge in [-0.05, 0) is 75.8 Å². The van der Waals surface area contributed by atoms with E-state index in [-0.39, 0.29) is 0 Å². The molecule has 33 heavy (non-hydrogen) atoms. The van der Waals surface area contributed by atoms with Gasteiger partial charge < -0.3 is 9.26 Å². The number of rotatable bonds is 3. The molecule has 0 radical (unpaired) electrons. The zero-order valence-electron chi connectivity index (χ0n) is 17.7. The lowest BCUT2D eigenvalue weighted by atomic mass is 9.98. The van der Waals surface area contributed by atoms with Crippen molar-refractivity contribution >= 4 is 27.8 Å². The zero-order valence-corrected chi connectivity index (χ0v) is 17.7. The van der Waals surface area contributed by atoms with Crippen molar-refractivity contribution in [3.8, 4) is 33.4 Å². The quantitative estimate of drug-likeness (QED) is 0.268. The minimum absolute atomic E-state index is 0.400. The Kier molecular flexibility index (Phi) is 4.49. The molecular formula is C30H18N2O. The molecule has 154 valence electrons. The molecule has 0 aliphatic heterocycles. The van der Waals surface area contributed by atoms with E-state index in [0.29, 0.717) is 5.82 Å². The number of hydrogen-bond acceptors (Lipinski definition) is 2. The second-order valence-electron chi connectivity index (χ2n) is 7.99. The molecule has 0 amide bonds. The van der Waals surface area contributed by atoms with Crippen LogP contribution in [0, 0.1) is 6.57 Å². The largest absolute Gasteiger partial charge is 0.456 e. The summed E-state index contributed by atoms with van der Waals surface area (Å²) in [4.78, 5) is 7.52. The molecule has 6 rings (SSSR count). The molecule has 0 atom stereocenters. The third kappa shape index (κ3) is 3.44. The number of fused-ring (bicyclic) bond motifs is 3. The predicted octanol–water partition coefficient (Wildman–Crippen LogP) is 8.53. The number of benzene rings is 4. The van der Waals surface area contributed by atoms with E-state index in [9.17, 15) is 0 Å². The minimum atomic E-state index is 0.400. The molecule has 0 N–H and O–H groups in total. The van der Waals surface area contributed by atoms with Crippen LogP contribution in [0.1, 0.15) is 0 Å². The normalized spacial score (nSPS) is 11.0. The molecule has 0 spiro atoms. The maximum atomic E-state index is 7.22. The summed E-state index contributed by atoms with van der Waals surface area (Å²) in [6.07, 6.45) is 1.68. The van der Waals surface area contributed by atoms with Gasteiger partial charge in [-0.1, -0.05) is 67.2 Å². The average Bonchev–Trinajstić information content (AvgIpc) is 3.26. The third-order valence-electron chi connectivity index (χ3n) is 5.97. The first-order chi connectivity index (χ1) is 16.3. The summed E-state index contributed by atoms with van der Waals surface area (Å²) in [5.74, 6) is 0.400. The van der Waals surface area contributed by atoms with Crippen molar-refractivity contribution < 1.29 is 4.42 Å². The van der Waals surface area contributed by atoms with Crippen LogP contribution >= 0.6 is 0 Å². The van der Waals surface area contributed by atoms with E-state index in [0.717, 1.165) is 49.8 Å². The van der Waals surface area contributed by atoms with Gasteiger partial charge in [0, 0.05) is 10.8 Å². The lowest BCUT2D eigenvalue weighted by molar-refractivity contribution is 0.669. The summed E-state index contributed by atoms with van der Waals surface area (Å²) in [6, 6.07) is 35.2. The Balaban J connectivity index is 1.42. The van der Waals surface area contributed by atoms with Crippen molar-refractivity contribution in [1.82, 2.24) is 4.98 Å². The summed E-state index contributed by atoms with van der Waals surface area (Å²) >= 11 is 0. The monoisotopic (exact) mass is 422 g/mol. The van der Waals surface area contributed by atoms with E-state index in [2.05, 4.69) is 76.6 Å². The SMILES string of the molecule is [C-]#[N+]c1cc(-c2cccc(-c3ccc4c(c3)oc3cc(-c5ccccc5)ccc34)c2)ccn1. The average molecular weight is 422 g/mol. The third-order valence-corrected chi connectivity index (χ3v) is 5.97. The van der Waals surface area contributed by atoms with Crippen molar-refractivity contribution in [1.29, 1.82) is 0 Å². The number of pyridine rings is 1. The lowest BCUT2D eigenvalue weighted by Gasteiger charge is -2.06. The van der Waals surface area contributed by atoms with Crippen LogP contribution in [0.15, 0.2) is 114 Å². The van der Waals surface area contributed by atoms with Crippen LogP contribution < -0.4 is 0 Å². The number of aromatic nitrogens is 1. The van der Waals surface area contributed by atoms with Gasteiger partial charge in [0.25, 0.3) is 5.82 Å². The maximum absolute atomic E-state index is 7.22. The van der Waals surface area contributed by atoms with E-state index in [4.69, 9.17) is 11.0 Å². The van der Waals surface area contributed by atoms with E-state index in [1.807, 2.05) is 36.4 Å². The maximum Gasteiger partial charge on any atom is 0.270 e. The van der Waals surface area contributed by atoms with E-state index < -0.39 is 0 Å². The van der Waals surface area contributed by atoms with E-state index in [1.54, 1.807) is 6.20 Å². The summed E-state index contributed by atoms with van der Waals surface area (Å²) < 4.78 is 6.28. The van der Waals surface area contributed by atoms with Gasteiger partial charge in [-0.15, -0.1) is 4.98 Å². The fraction of sp³-hybridized carbons (Fsp3) is 0. The zero-order chi connectivity index (χ0) is 22.2. The van der Waals surface area contributed by atoms with Crippen molar-refractivity contribution in [2.45, 2.75) is 0 Å². The highest BCUT2D eigenvalue weighted by molar-refractivity contribution is 6.07. The molecular weight excluding hydrogens is 404 g/mol. The van der Waals surface area contributed by atoms with Gasteiger partial charge in [-0.2, -0.15) is 0 Å². The second kappa shape index (κ2) is 7.78. The van der Waals surface area contributed by atoms with Crippen LogP contribution in [0.25, 0.3) is 60.2 Å². The summed E-state index contributed by atoms with van der Waals surface area (Å²) in [5.41, 5.74) is 8.30. The van der Waals surface area contributed by atoms with Gasteiger partial charge in [0.05, 0.1) is 0 Å². The van der Waals surface area contributed by atoms with E-state index >= 15 is 0 Å². The molecule has 0 saturated heterocycles. The highest BCUT2D eigenvalue weighted by Gasteiger charge is 2.11. The molecule has 0 bridgehead atoms. The fourth-order valence-electron chi connectivity index (χ4n) is 4.30. The number of nitrogens with zero attached hydrogens (tertiary/aromatic N) is 2. The van der Waals surface area contributed by atoms with Crippen molar-refractivity contribution in [3.05, 3.63) is 121 Å². The van der Waals surface area contributed by atoms with Gasteiger partial charge >= 0.3 is 0 Å². The Morgan fingerprint density at radius 2 is 1.12 bits per heavy atom. The molecule has 3 nitrogen and oxygen atoms in total. The van der Waals surface area contributed by atoms with Gasteiger partial charge in [0.1, 0.15) is 17.4 Å². The Morgan fingerprint density at radius 1 is 0.545 bits per heavy atom. The van der Waals surface area contributed by atoms with Crippen LogP contribution in [-0.2, 0) is 0 Å². The second-order valence-corrected chi connectivity index (χ2v) is 7.99. The first kappa shape index (κ1) is 19.0. The molecule has 3 heteroatoms. The van der Waals surface area contributed by atoms with E-state index in [1.165, 1.54) is 5.56 Å². The molecule has 0 saturated carbocycles. The van der Waals surface area contributed by atoms with Crippen LogP contribution in [0.3, 0.4) is 0 Å². The molecule has 4 aromatic carbocycles. The standard InChI is InChI=1S/C30H18N2O/c1-31-30-19-25(14-15-32-30)22-9-5-8-21(16-22)24-11-13-27-26-12-10-23(20-6-3-2-4-7-20)17-28(26)33-29(27)18-24/h2-19H. The highest BCUT2D eigenvalue weighted by Crippen LogP contribution is 2.35. The van der Waals surface area contributed by atoms with Crippen molar-refractivity contribution in [3.63, 3.8) is 0 Å². The summed E-state index contributed by atoms with van der Waals surface area (Å²) in [5, 5.41) is 2.23. The van der Waals surface area contributed by atoms with Gasteiger partial charge in [0.2, 0.25) is 0 Å². The summed E-state index contributed by atoms with van der Waals surface area (Å²) in [6.45, 7) is 7.22. The number of furan rings is 1. The number of hydrogen-bond donors (Lipinski definition) is 0. The van der Waals surface area contributed by atoms with Crippen LogP contribution in [0.2, 0.25) is 0 Å². The van der Waals surface area contributed by atoms with Gasteiger partial charge in [0.15, 0.2) is 0 Å². The summed E-state index contributed by atoms with van der Waals surface area (Å²) in [7, 11) is 0. The molecule has 2 aromatic heterocycles. The Bertz CT molecular complexity index is 1670. The topological polar surface area (TPSA) is 30.4 Å². The highest BCUT2D eigenvalue weighted by atomic mass is 16.3. The Labute approximate surface area is 191 Å². The van der Waals surface area contributed by atoms with Gasteiger partial charge in [-0.3, -0.25) is 0 Å². The lowest BCUT2D eigenvalue weighted by Crippen LogP contribution is -1.82. The fourth-order valence-corrected chi connectivity index (χ4v) is 4.30. The Morgan fingerprint density at radius 3 is 1.79 bits per heavy atom. The smallest absolute Gasteiger partial charge is 0.270 e. The molecule has 0 aliphatic rings. The first-order valence-corrected chi connectivity index (χ1v) is 10.7. The molecule has 0 fully saturated rings. The Hall–Kier alpha value is -4.68. The molecule has 2 heterocycles. The molecule has 0 unspecified atom stereocenters. The van der Waals surface area contributed by atoms with Gasteiger partial charge in [-0.25, -0.2) is 0 Å². The first-order valence-electron chi connectivity index (χ1n) is 10.7. The van der Waals surface area contributed by atoms with Crippen LogP contribution in [0.5, 0.6) is 0 Å². The molecule has 0 aliphatic carbocycles. The van der Waals surface area contributed by atoms with Crippen LogP contribution in [-0.4, -0.2) is 4.98 Å². The predicted molar refractivity (Wildman–Crippen MR) is 134 cm³/mol. The van der Waals surface area contributed by atoms with Crippen molar-refractivity contribution in [2.75, 3.05) is 0 Å².